The number of benzene rings is 1. The van der Waals surface area contributed by atoms with E-state index >= 15 is 0 Å². The average Bonchev–Trinajstić information content (AvgIpc) is 3.10. The Bertz CT molecular complexity index is 713. The minimum Gasteiger partial charge on any atom is -0.493 e. The first-order chi connectivity index (χ1) is 12.9. The minimum absolute atomic E-state index is 0.0910. The highest BCUT2D eigenvalue weighted by molar-refractivity contribution is 5.83. The Labute approximate surface area is 157 Å². The van der Waals surface area contributed by atoms with Crippen molar-refractivity contribution in [1.29, 1.82) is 0 Å². The quantitative estimate of drug-likeness (QED) is 0.503. The van der Waals surface area contributed by atoms with E-state index in [1.54, 1.807) is 20.3 Å². The maximum absolute atomic E-state index is 12.8. The number of hydrogen-bond acceptors (Lipinski definition) is 7. The van der Waals surface area contributed by atoms with Crippen LogP contribution in [0.2, 0.25) is 0 Å². The first-order valence-corrected chi connectivity index (χ1v) is 9.11. The van der Waals surface area contributed by atoms with Crippen molar-refractivity contribution in [2.24, 2.45) is 5.92 Å². The van der Waals surface area contributed by atoms with Gasteiger partial charge in [-0.15, -0.1) is 0 Å². The molecule has 1 aliphatic heterocycles. The maximum Gasteiger partial charge on any atom is 0.239 e. The van der Waals surface area contributed by atoms with Gasteiger partial charge in [0.05, 0.1) is 20.3 Å². The summed E-state index contributed by atoms with van der Waals surface area (Å²) in [6, 6.07) is 4.29. The number of amides is 1. The van der Waals surface area contributed by atoms with Crippen molar-refractivity contribution in [3.63, 3.8) is 0 Å². The average molecular weight is 378 g/mol. The standard InChI is InChI=1S/C18H26N4O5/c1-10(11-4-7-15(26-2)16(8-11)27-3)19-18(23)17-13-9-12(22(24)25)5-6-14(13)20-21-17/h4,7-8,10,12-14,17,20-21H,5-6,9H2,1-3H3,(H,19,23). The summed E-state index contributed by atoms with van der Waals surface area (Å²) in [6.45, 7) is 1.89. The molecule has 0 radical (unpaired) electrons. The molecule has 1 saturated heterocycles. The van der Waals surface area contributed by atoms with Gasteiger partial charge < -0.3 is 14.8 Å². The lowest BCUT2D eigenvalue weighted by Crippen LogP contribution is -2.47. The van der Waals surface area contributed by atoms with E-state index in [1.165, 1.54) is 0 Å². The van der Waals surface area contributed by atoms with Crippen LogP contribution in [-0.4, -0.2) is 43.2 Å². The van der Waals surface area contributed by atoms with Gasteiger partial charge in [0.2, 0.25) is 11.9 Å². The summed E-state index contributed by atoms with van der Waals surface area (Å²) in [6.07, 6.45) is 1.64. The Morgan fingerprint density at radius 1 is 1.26 bits per heavy atom. The lowest BCUT2D eigenvalue weighted by Gasteiger charge is -2.29. The summed E-state index contributed by atoms with van der Waals surface area (Å²) in [5, 5.41) is 14.1. The molecule has 9 heteroatoms. The Morgan fingerprint density at radius 2 is 2.00 bits per heavy atom. The predicted molar refractivity (Wildman–Crippen MR) is 98.1 cm³/mol. The SMILES string of the molecule is COc1ccc(C(C)NC(=O)C2NNC3CCC([N+](=O)[O-])CC32)cc1OC. The molecule has 1 amide bonds. The highest BCUT2D eigenvalue weighted by atomic mass is 16.6. The van der Waals surface area contributed by atoms with Crippen LogP contribution in [0.5, 0.6) is 11.5 Å². The zero-order chi connectivity index (χ0) is 19.6. The van der Waals surface area contributed by atoms with Gasteiger partial charge in [0, 0.05) is 29.7 Å². The van der Waals surface area contributed by atoms with Gasteiger partial charge in [-0.1, -0.05) is 6.07 Å². The van der Waals surface area contributed by atoms with E-state index in [0.717, 1.165) is 5.56 Å². The Kier molecular flexibility index (Phi) is 5.81. The molecule has 2 fully saturated rings. The maximum atomic E-state index is 12.8. The molecule has 9 nitrogen and oxygen atoms in total. The predicted octanol–water partition coefficient (Wildman–Crippen LogP) is 1.17. The van der Waals surface area contributed by atoms with Crippen LogP contribution in [-0.2, 0) is 4.79 Å². The summed E-state index contributed by atoms with van der Waals surface area (Å²) in [5.41, 5.74) is 7.04. The summed E-state index contributed by atoms with van der Waals surface area (Å²) in [4.78, 5) is 23.7. The second-order valence-electron chi connectivity index (χ2n) is 7.13. The summed E-state index contributed by atoms with van der Waals surface area (Å²) in [7, 11) is 3.13. The molecular formula is C18H26N4O5. The molecule has 1 aromatic rings. The molecule has 3 N–H and O–H groups in total. The normalized spacial score (nSPS) is 28.1. The minimum atomic E-state index is -0.577. The van der Waals surface area contributed by atoms with Gasteiger partial charge in [-0.05, 0) is 31.0 Å². The van der Waals surface area contributed by atoms with Gasteiger partial charge in [-0.25, -0.2) is 5.43 Å². The number of ether oxygens (including phenoxy) is 2. The zero-order valence-electron chi connectivity index (χ0n) is 15.7. The molecule has 0 bridgehead atoms. The lowest BCUT2D eigenvalue weighted by atomic mass is 9.79. The van der Waals surface area contributed by atoms with Crippen molar-refractivity contribution >= 4 is 5.91 Å². The number of nitrogens with one attached hydrogen (secondary N) is 3. The number of carbonyl (C=O) groups is 1. The molecule has 0 aromatic heterocycles. The highest BCUT2D eigenvalue weighted by Crippen LogP contribution is 2.33. The monoisotopic (exact) mass is 378 g/mol. The lowest BCUT2D eigenvalue weighted by molar-refractivity contribution is -0.528. The van der Waals surface area contributed by atoms with E-state index in [9.17, 15) is 14.9 Å². The molecule has 1 aliphatic carbocycles. The highest BCUT2D eigenvalue weighted by Gasteiger charge is 2.46. The largest absolute Gasteiger partial charge is 0.493 e. The van der Waals surface area contributed by atoms with Crippen LogP contribution in [0.25, 0.3) is 0 Å². The van der Waals surface area contributed by atoms with E-state index < -0.39 is 12.1 Å². The van der Waals surface area contributed by atoms with Crippen LogP contribution in [0.1, 0.15) is 37.8 Å². The number of nitrogens with zero attached hydrogens (tertiary/aromatic N) is 1. The van der Waals surface area contributed by atoms with Crippen LogP contribution in [0.4, 0.5) is 0 Å². The van der Waals surface area contributed by atoms with Crippen LogP contribution >= 0.6 is 0 Å². The number of carbonyl (C=O) groups excluding carboxylic acids is 1. The van der Waals surface area contributed by atoms with Crippen molar-refractivity contribution < 1.29 is 19.2 Å². The van der Waals surface area contributed by atoms with Crippen LogP contribution in [0, 0.1) is 16.0 Å². The van der Waals surface area contributed by atoms with Crippen LogP contribution < -0.4 is 25.6 Å². The van der Waals surface area contributed by atoms with Gasteiger partial charge in [0.25, 0.3) is 0 Å². The molecule has 1 aromatic carbocycles. The number of nitro groups is 1. The molecule has 27 heavy (non-hydrogen) atoms. The van der Waals surface area contributed by atoms with Gasteiger partial charge in [0.1, 0.15) is 6.04 Å². The Balaban J connectivity index is 1.67. The first-order valence-electron chi connectivity index (χ1n) is 9.11. The molecule has 5 atom stereocenters. The smallest absolute Gasteiger partial charge is 0.239 e. The van der Waals surface area contributed by atoms with Gasteiger partial charge in [0.15, 0.2) is 11.5 Å². The van der Waals surface area contributed by atoms with Gasteiger partial charge in [-0.2, -0.15) is 0 Å². The first kappa shape index (κ1) is 19.4. The van der Waals surface area contributed by atoms with Gasteiger partial charge in [-0.3, -0.25) is 20.3 Å². The zero-order valence-corrected chi connectivity index (χ0v) is 15.7. The second-order valence-corrected chi connectivity index (χ2v) is 7.13. The Morgan fingerprint density at radius 3 is 2.67 bits per heavy atom. The van der Waals surface area contributed by atoms with E-state index in [2.05, 4.69) is 16.2 Å². The molecular weight excluding hydrogens is 352 g/mol. The number of hydrogen-bond donors (Lipinski definition) is 3. The third kappa shape index (κ3) is 3.98. The van der Waals surface area contributed by atoms with E-state index in [0.29, 0.717) is 30.8 Å². The fraction of sp³-hybridized carbons (Fsp3) is 0.611. The van der Waals surface area contributed by atoms with Gasteiger partial charge >= 0.3 is 0 Å². The molecule has 1 heterocycles. The molecule has 2 aliphatic rings. The topological polar surface area (TPSA) is 115 Å². The summed E-state index contributed by atoms with van der Waals surface area (Å²) >= 11 is 0. The molecule has 3 rings (SSSR count). The fourth-order valence-electron chi connectivity index (χ4n) is 3.99. The van der Waals surface area contributed by atoms with Crippen LogP contribution in [0.15, 0.2) is 18.2 Å². The summed E-state index contributed by atoms with van der Waals surface area (Å²) in [5.74, 6) is 0.961. The van der Waals surface area contributed by atoms with E-state index in [-0.39, 0.29) is 28.8 Å². The third-order valence-electron chi connectivity index (χ3n) is 5.57. The summed E-state index contributed by atoms with van der Waals surface area (Å²) < 4.78 is 10.5. The van der Waals surface area contributed by atoms with Crippen molar-refractivity contribution in [1.82, 2.24) is 16.2 Å². The molecule has 148 valence electrons. The molecule has 1 saturated carbocycles. The number of methoxy groups -OCH3 is 2. The third-order valence-corrected chi connectivity index (χ3v) is 5.57. The van der Waals surface area contributed by atoms with Crippen LogP contribution in [0.3, 0.4) is 0 Å². The van der Waals surface area contributed by atoms with E-state index in [1.807, 2.05) is 19.1 Å². The van der Waals surface area contributed by atoms with Crippen molar-refractivity contribution in [3.05, 3.63) is 33.9 Å². The Hall–Kier alpha value is -2.39. The number of hydrazine groups is 1. The molecule has 5 unspecified atom stereocenters. The number of rotatable bonds is 6. The van der Waals surface area contributed by atoms with Crippen molar-refractivity contribution in [3.8, 4) is 11.5 Å². The second kappa shape index (κ2) is 8.10. The number of fused-ring (bicyclic) bond motifs is 1. The molecule has 0 spiro atoms. The van der Waals surface area contributed by atoms with E-state index in [4.69, 9.17) is 9.47 Å². The fourth-order valence-corrected chi connectivity index (χ4v) is 3.99. The van der Waals surface area contributed by atoms with Crippen molar-refractivity contribution in [2.75, 3.05) is 14.2 Å². The van der Waals surface area contributed by atoms with Crippen molar-refractivity contribution in [2.45, 2.75) is 50.4 Å².